The highest BCUT2D eigenvalue weighted by molar-refractivity contribution is 7.89. The number of halogens is 1. The van der Waals surface area contributed by atoms with E-state index in [0.29, 0.717) is 13.1 Å². The summed E-state index contributed by atoms with van der Waals surface area (Å²) in [5.74, 6) is 0.173. The van der Waals surface area contributed by atoms with Crippen molar-refractivity contribution in [3.63, 3.8) is 0 Å². The average Bonchev–Trinajstić information content (AvgIpc) is 2.45. The Morgan fingerprint density at radius 3 is 2.48 bits per heavy atom. The van der Waals surface area contributed by atoms with E-state index < -0.39 is 10.0 Å². The van der Waals surface area contributed by atoms with Crippen LogP contribution in [0.5, 0.6) is 5.75 Å². The molecule has 0 aliphatic rings. The zero-order chi connectivity index (χ0) is 16.0. The van der Waals surface area contributed by atoms with Crippen molar-refractivity contribution in [3.8, 4) is 5.75 Å². The molecule has 0 fully saturated rings. The van der Waals surface area contributed by atoms with Crippen molar-refractivity contribution in [1.82, 2.24) is 9.62 Å². The summed E-state index contributed by atoms with van der Waals surface area (Å²) in [6.45, 7) is 6.75. The Morgan fingerprint density at radius 1 is 1.33 bits per heavy atom. The van der Waals surface area contributed by atoms with E-state index in [1.807, 2.05) is 13.8 Å². The molecular formula is C13H22ClN3O3S. The molecule has 8 heteroatoms. The van der Waals surface area contributed by atoms with Gasteiger partial charge in [-0.05, 0) is 19.2 Å². The minimum atomic E-state index is -3.70. The molecule has 120 valence electrons. The molecule has 1 aromatic carbocycles. The number of nitrogens with one attached hydrogen (secondary N) is 1. The van der Waals surface area contributed by atoms with E-state index in [-0.39, 0.29) is 21.4 Å². The summed E-state index contributed by atoms with van der Waals surface area (Å²) < 4.78 is 32.3. The quantitative estimate of drug-likeness (QED) is 0.704. The van der Waals surface area contributed by atoms with E-state index >= 15 is 0 Å². The summed E-state index contributed by atoms with van der Waals surface area (Å²) >= 11 is 5.90. The van der Waals surface area contributed by atoms with Gasteiger partial charge >= 0.3 is 0 Å². The predicted molar refractivity (Wildman–Crippen MR) is 85.4 cm³/mol. The van der Waals surface area contributed by atoms with Crippen LogP contribution < -0.4 is 15.2 Å². The number of nitrogens with two attached hydrogens (primary N) is 1. The number of anilines is 1. The van der Waals surface area contributed by atoms with E-state index in [4.69, 9.17) is 22.1 Å². The van der Waals surface area contributed by atoms with E-state index in [2.05, 4.69) is 9.62 Å². The lowest BCUT2D eigenvalue weighted by atomic mass is 10.3. The Balaban J connectivity index is 2.90. The monoisotopic (exact) mass is 335 g/mol. The average molecular weight is 336 g/mol. The van der Waals surface area contributed by atoms with Gasteiger partial charge in [-0.1, -0.05) is 25.4 Å². The first-order chi connectivity index (χ1) is 9.85. The molecule has 0 atom stereocenters. The third kappa shape index (κ3) is 4.74. The smallest absolute Gasteiger partial charge is 0.244 e. The van der Waals surface area contributed by atoms with Gasteiger partial charge < -0.3 is 15.4 Å². The standard InChI is InChI=1S/C13H22ClN3O3S/c1-4-17(5-2)7-6-16-21(18,19)13-8-10(14)11(15)9-12(13)20-3/h8-9,16H,4-7,15H2,1-3H3. The van der Waals surface area contributed by atoms with Crippen LogP contribution in [0.2, 0.25) is 5.02 Å². The molecule has 3 N–H and O–H groups in total. The molecule has 6 nitrogen and oxygen atoms in total. The first-order valence-electron chi connectivity index (χ1n) is 6.70. The van der Waals surface area contributed by atoms with Gasteiger partial charge in [0.1, 0.15) is 10.6 Å². The van der Waals surface area contributed by atoms with Gasteiger partial charge in [-0.25, -0.2) is 13.1 Å². The molecule has 0 aliphatic carbocycles. The lowest BCUT2D eigenvalue weighted by Gasteiger charge is -2.18. The molecule has 0 unspecified atom stereocenters. The molecule has 0 bridgehead atoms. The number of benzene rings is 1. The molecule has 0 aliphatic heterocycles. The van der Waals surface area contributed by atoms with Crippen molar-refractivity contribution in [2.45, 2.75) is 18.7 Å². The molecular weight excluding hydrogens is 314 g/mol. The Hall–Kier alpha value is -1.02. The fourth-order valence-corrected chi connectivity index (χ4v) is 3.30. The summed E-state index contributed by atoms with van der Waals surface area (Å²) in [4.78, 5) is 2.11. The Bertz CT molecular complexity index is 574. The number of methoxy groups -OCH3 is 1. The zero-order valence-electron chi connectivity index (χ0n) is 12.5. The van der Waals surface area contributed by atoms with Crippen LogP contribution >= 0.6 is 11.6 Å². The van der Waals surface area contributed by atoms with Crippen molar-refractivity contribution in [1.29, 1.82) is 0 Å². The van der Waals surface area contributed by atoms with Gasteiger partial charge in [-0.2, -0.15) is 0 Å². The number of hydrogen-bond acceptors (Lipinski definition) is 5. The number of hydrogen-bond donors (Lipinski definition) is 2. The highest BCUT2D eigenvalue weighted by atomic mass is 35.5. The molecule has 1 rings (SSSR count). The van der Waals surface area contributed by atoms with Crippen molar-refractivity contribution >= 4 is 27.3 Å². The molecule has 0 saturated heterocycles. The van der Waals surface area contributed by atoms with Crippen LogP contribution in [0, 0.1) is 0 Å². The van der Waals surface area contributed by atoms with Crippen molar-refractivity contribution in [2.24, 2.45) is 0 Å². The Morgan fingerprint density at radius 2 is 1.95 bits per heavy atom. The van der Waals surface area contributed by atoms with Crippen LogP contribution in [0.15, 0.2) is 17.0 Å². The molecule has 0 heterocycles. The first kappa shape index (κ1) is 18.0. The second kappa shape index (κ2) is 7.84. The van der Waals surface area contributed by atoms with E-state index in [0.717, 1.165) is 13.1 Å². The largest absolute Gasteiger partial charge is 0.495 e. The first-order valence-corrected chi connectivity index (χ1v) is 8.56. The number of sulfonamides is 1. The second-order valence-electron chi connectivity index (χ2n) is 4.45. The van der Waals surface area contributed by atoms with Gasteiger partial charge in [0, 0.05) is 19.2 Å². The number of ether oxygens (including phenoxy) is 1. The molecule has 1 aromatic rings. The van der Waals surface area contributed by atoms with Crippen LogP contribution in [-0.4, -0.2) is 46.6 Å². The van der Waals surface area contributed by atoms with Gasteiger partial charge in [0.05, 0.1) is 17.8 Å². The lowest BCUT2D eigenvalue weighted by molar-refractivity contribution is 0.309. The highest BCUT2D eigenvalue weighted by Crippen LogP contribution is 2.31. The Kier molecular flexibility index (Phi) is 6.73. The summed E-state index contributed by atoms with van der Waals surface area (Å²) in [7, 11) is -2.31. The van der Waals surface area contributed by atoms with Gasteiger partial charge in [-0.15, -0.1) is 0 Å². The van der Waals surface area contributed by atoms with Crippen molar-refractivity contribution in [3.05, 3.63) is 17.2 Å². The van der Waals surface area contributed by atoms with E-state index in [1.165, 1.54) is 19.2 Å². The van der Waals surface area contributed by atoms with Crippen LogP contribution in [0.4, 0.5) is 5.69 Å². The highest BCUT2D eigenvalue weighted by Gasteiger charge is 2.21. The molecule has 0 aromatic heterocycles. The minimum absolute atomic E-state index is 0.0104. The number of nitrogens with zero attached hydrogens (tertiary/aromatic N) is 1. The molecule has 0 saturated carbocycles. The van der Waals surface area contributed by atoms with Crippen molar-refractivity contribution in [2.75, 3.05) is 39.0 Å². The van der Waals surface area contributed by atoms with Gasteiger partial charge in [-0.3, -0.25) is 0 Å². The third-order valence-corrected chi connectivity index (χ3v) is 5.00. The summed E-state index contributed by atoms with van der Waals surface area (Å²) in [5.41, 5.74) is 5.92. The van der Waals surface area contributed by atoms with Crippen LogP contribution in [0.3, 0.4) is 0 Å². The molecule has 0 spiro atoms. The van der Waals surface area contributed by atoms with Gasteiger partial charge in [0.2, 0.25) is 10.0 Å². The van der Waals surface area contributed by atoms with Gasteiger partial charge in [0.15, 0.2) is 0 Å². The maximum Gasteiger partial charge on any atom is 0.244 e. The van der Waals surface area contributed by atoms with Crippen LogP contribution in [0.1, 0.15) is 13.8 Å². The lowest BCUT2D eigenvalue weighted by Crippen LogP contribution is -2.34. The molecule has 21 heavy (non-hydrogen) atoms. The zero-order valence-corrected chi connectivity index (χ0v) is 14.1. The summed E-state index contributed by atoms with van der Waals surface area (Å²) in [6.07, 6.45) is 0. The SMILES string of the molecule is CCN(CC)CCNS(=O)(=O)c1cc(Cl)c(N)cc1OC. The van der Waals surface area contributed by atoms with E-state index in [9.17, 15) is 8.42 Å². The predicted octanol–water partition coefficient (Wildman–Crippen LogP) is 1.55. The van der Waals surface area contributed by atoms with E-state index in [1.54, 1.807) is 0 Å². The maximum absolute atomic E-state index is 12.3. The Labute approximate surface area is 131 Å². The maximum atomic E-state index is 12.3. The number of rotatable bonds is 8. The fourth-order valence-electron chi connectivity index (χ4n) is 1.88. The topological polar surface area (TPSA) is 84.7 Å². The normalized spacial score (nSPS) is 11.9. The molecule has 0 radical (unpaired) electrons. The fraction of sp³-hybridized carbons (Fsp3) is 0.538. The summed E-state index contributed by atoms with van der Waals surface area (Å²) in [6, 6.07) is 2.71. The summed E-state index contributed by atoms with van der Waals surface area (Å²) in [5, 5.41) is 0.180. The minimum Gasteiger partial charge on any atom is -0.495 e. The van der Waals surface area contributed by atoms with Crippen LogP contribution in [-0.2, 0) is 10.0 Å². The number of nitrogen functional groups attached to an aromatic ring is 1. The second-order valence-corrected chi connectivity index (χ2v) is 6.59. The number of likely N-dealkylation sites (N-methyl/N-ethyl adjacent to an activating group) is 1. The third-order valence-electron chi connectivity index (χ3n) is 3.19. The van der Waals surface area contributed by atoms with Gasteiger partial charge in [0.25, 0.3) is 0 Å². The van der Waals surface area contributed by atoms with Crippen LogP contribution in [0.25, 0.3) is 0 Å². The van der Waals surface area contributed by atoms with Crippen molar-refractivity contribution < 1.29 is 13.2 Å². The molecule has 0 amide bonds.